The summed E-state index contributed by atoms with van der Waals surface area (Å²) in [7, 11) is 0. The number of fused-ring (bicyclic) bond motifs is 1. The van der Waals surface area contributed by atoms with E-state index in [9.17, 15) is 4.79 Å². The largest absolute Gasteiger partial charge is 0.440 e. The number of hydrogen-bond donors (Lipinski definition) is 2. The van der Waals surface area contributed by atoms with Gasteiger partial charge in [-0.3, -0.25) is 0 Å². The second-order valence-corrected chi connectivity index (χ2v) is 7.70. The van der Waals surface area contributed by atoms with Crippen molar-refractivity contribution in [1.29, 1.82) is 0 Å². The van der Waals surface area contributed by atoms with Crippen LogP contribution in [0.3, 0.4) is 0 Å². The maximum absolute atomic E-state index is 12.3. The van der Waals surface area contributed by atoms with Gasteiger partial charge in [-0.05, 0) is 38.0 Å². The normalized spacial score (nSPS) is 17.7. The smallest absolute Gasteiger partial charge is 0.319 e. The van der Waals surface area contributed by atoms with Gasteiger partial charge in [0.15, 0.2) is 5.58 Å². The van der Waals surface area contributed by atoms with Crippen LogP contribution in [-0.2, 0) is 10.2 Å². The van der Waals surface area contributed by atoms with Crippen molar-refractivity contribution < 1.29 is 13.9 Å². The zero-order valence-corrected chi connectivity index (χ0v) is 14.7. The van der Waals surface area contributed by atoms with Gasteiger partial charge in [0.1, 0.15) is 5.52 Å². The van der Waals surface area contributed by atoms with Gasteiger partial charge < -0.3 is 19.8 Å². The Kier molecular flexibility index (Phi) is 4.25. The fourth-order valence-corrected chi connectivity index (χ4v) is 2.71. The molecule has 3 rings (SSSR count). The van der Waals surface area contributed by atoms with Crippen LogP contribution < -0.4 is 10.6 Å². The first-order valence-electron chi connectivity index (χ1n) is 8.33. The van der Waals surface area contributed by atoms with Gasteiger partial charge in [-0.2, -0.15) is 0 Å². The van der Waals surface area contributed by atoms with E-state index in [4.69, 9.17) is 9.15 Å². The fourth-order valence-electron chi connectivity index (χ4n) is 2.71. The highest BCUT2D eigenvalue weighted by molar-refractivity contribution is 5.92. The van der Waals surface area contributed by atoms with Crippen LogP contribution in [-0.4, -0.2) is 29.8 Å². The highest BCUT2D eigenvalue weighted by Crippen LogP contribution is 2.27. The number of nitrogens with zero attached hydrogens (tertiary/aromatic N) is 1. The van der Waals surface area contributed by atoms with Crippen LogP contribution in [0.5, 0.6) is 0 Å². The third kappa shape index (κ3) is 3.70. The van der Waals surface area contributed by atoms with Crippen molar-refractivity contribution in [3.05, 3.63) is 24.1 Å². The lowest BCUT2D eigenvalue weighted by Crippen LogP contribution is -2.51. The van der Waals surface area contributed by atoms with Gasteiger partial charge in [-0.25, -0.2) is 9.78 Å². The van der Waals surface area contributed by atoms with E-state index in [1.165, 1.54) is 0 Å². The van der Waals surface area contributed by atoms with Crippen LogP contribution in [0.1, 0.15) is 46.4 Å². The third-order valence-electron chi connectivity index (χ3n) is 4.30. The first-order chi connectivity index (χ1) is 11.3. The van der Waals surface area contributed by atoms with Crippen LogP contribution in [0, 0.1) is 0 Å². The SMILES string of the molecule is CC1(NC(=O)Nc2ccc3oc(C(C)(C)C)nc3c2)CCOCC1. The molecule has 2 N–H and O–H groups in total. The molecule has 0 unspecified atom stereocenters. The maximum atomic E-state index is 12.3. The summed E-state index contributed by atoms with van der Waals surface area (Å²) in [6.45, 7) is 9.57. The van der Waals surface area contributed by atoms with Crippen LogP contribution in [0.2, 0.25) is 0 Å². The number of urea groups is 1. The van der Waals surface area contributed by atoms with Crippen molar-refractivity contribution in [2.75, 3.05) is 18.5 Å². The van der Waals surface area contributed by atoms with E-state index in [1.807, 2.05) is 25.1 Å². The lowest BCUT2D eigenvalue weighted by atomic mass is 9.93. The summed E-state index contributed by atoms with van der Waals surface area (Å²) in [6.07, 6.45) is 1.63. The first-order valence-corrected chi connectivity index (χ1v) is 8.33. The highest BCUT2D eigenvalue weighted by Gasteiger charge is 2.29. The molecule has 0 bridgehead atoms. The number of anilines is 1. The van der Waals surface area contributed by atoms with Crippen LogP contribution in [0.15, 0.2) is 22.6 Å². The summed E-state index contributed by atoms with van der Waals surface area (Å²) in [5, 5.41) is 5.93. The summed E-state index contributed by atoms with van der Waals surface area (Å²) in [4.78, 5) is 16.8. The lowest BCUT2D eigenvalue weighted by molar-refractivity contribution is 0.0500. The predicted molar refractivity (Wildman–Crippen MR) is 93.3 cm³/mol. The number of amides is 2. The van der Waals surface area contributed by atoms with Gasteiger partial charge in [-0.15, -0.1) is 0 Å². The average molecular weight is 331 g/mol. The summed E-state index contributed by atoms with van der Waals surface area (Å²) < 4.78 is 11.1. The Bertz CT molecular complexity index is 740. The molecule has 0 saturated carbocycles. The van der Waals surface area contributed by atoms with Gasteiger partial charge in [0.25, 0.3) is 0 Å². The summed E-state index contributed by atoms with van der Waals surface area (Å²) in [5.74, 6) is 0.689. The molecule has 2 amide bonds. The van der Waals surface area contributed by atoms with Gasteiger partial charge in [0.05, 0.1) is 0 Å². The number of hydrogen-bond acceptors (Lipinski definition) is 4. The van der Waals surface area contributed by atoms with E-state index in [-0.39, 0.29) is 17.0 Å². The minimum absolute atomic E-state index is 0.151. The highest BCUT2D eigenvalue weighted by atomic mass is 16.5. The van der Waals surface area contributed by atoms with Crippen molar-refractivity contribution in [2.24, 2.45) is 0 Å². The Hall–Kier alpha value is -2.08. The zero-order chi connectivity index (χ0) is 17.4. The van der Waals surface area contributed by atoms with Gasteiger partial charge in [-0.1, -0.05) is 20.8 Å². The molecule has 24 heavy (non-hydrogen) atoms. The lowest BCUT2D eigenvalue weighted by Gasteiger charge is -2.34. The topological polar surface area (TPSA) is 76.4 Å². The van der Waals surface area contributed by atoms with Crippen molar-refractivity contribution in [1.82, 2.24) is 10.3 Å². The average Bonchev–Trinajstić information content (AvgIpc) is 2.90. The molecular formula is C18H25N3O3. The van der Waals surface area contributed by atoms with E-state index < -0.39 is 0 Å². The Balaban J connectivity index is 1.71. The molecule has 0 spiro atoms. The molecule has 2 aromatic rings. The van der Waals surface area contributed by atoms with Crippen molar-refractivity contribution >= 4 is 22.8 Å². The summed E-state index contributed by atoms with van der Waals surface area (Å²) in [6, 6.07) is 5.29. The number of nitrogens with one attached hydrogen (secondary N) is 2. The minimum atomic E-state index is -0.222. The second kappa shape index (κ2) is 6.09. The summed E-state index contributed by atoms with van der Waals surface area (Å²) >= 11 is 0. The molecule has 0 radical (unpaired) electrons. The van der Waals surface area contributed by atoms with Crippen molar-refractivity contribution in [3.8, 4) is 0 Å². The number of aromatic nitrogens is 1. The Morgan fingerprint density at radius 1 is 1.25 bits per heavy atom. The molecule has 1 aliphatic heterocycles. The fraction of sp³-hybridized carbons (Fsp3) is 0.556. The number of oxazole rings is 1. The van der Waals surface area contributed by atoms with E-state index in [1.54, 1.807) is 0 Å². The Morgan fingerprint density at radius 2 is 1.96 bits per heavy atom. The Labute approximate surface area is 142 Å². The molecule has 1 aromatic carbocycles. The van der Waals surface area contributed by atoms with Gasteiger partial charge in [0, 0.05) is 29.9 Å². The molecule has 1 aromatic heterocycles. The molecule has 1 fully saturated rings. The molecule has 0 aliphatic carbocycles. The predicted octanol–water partition coefficient (Wildman–Crippen LogP) is 3.82. The van der Waals surface area contributed by atoms with Crippen LogP contribution in [0.25, 0.3) is 11.1 Å². The standard InChI is InChI=1S/C18H25N3O3/c1-17(2,3)15-20-13-11-12(5-6-14(13)24-15)19-16(22)21-18(4)7-9-23-10-8-18/h5-6,11H,7-10H2,1-4H3,(H2,19,21,22). The van der Waals surface area contributed by atoms with E-state index in [0.29, 0.717) is 24.8 Å². The molecule has 0 atom stereocenters. The van der Waals surface area contributed by atoms with E-state index >= 15 is 0 Å². The van der Waals surface area contributed by atoms with E-state index in [2.05, 4.69) is 36.4 Å². The molecule has 1 saturated heterocycles. The number of ether oxygens (including phenoxy) is 1. The quantitative estimate of drug-likeness (QED) is 0.877. The van der Waals surface area contributed by atoms with Crippen molar-refractivity contribution in [3.63, 3.8) is 0 Å². The van der Waals surface area contributed by atoms with Gasteiger partial charge in [0.2, 0.25) is 5.89 Å². The zero-order valence-electron chi connectivity index (χ0n) is 14.7. The number of rotatable bonds is 2. The van der Waals surface area contributed by atoms with E-state index in [0.717, 1.165) is 23.9 Å². The van der Waals surface area contributed by atoms with Crippen LogP contribution in [0.4, 0.5) is 10.5 Å². The first kappa shape index (κ1) is 16.8. The Morgan fingerprint density at radius 3 is 2.62 bits per heavy atom. The molecular weight excluding hydrogens is 306 g/mol. The molecule has 6 nitrogen and oxygen atoms in total. The number of carbonyl (C=O) groups is 1. The van der Waals surface area contributed by atoms with Crippen molar-refractivity contribution in [2.45, 2.75) is 51.5 Å². The summed E-state index contributed by atoms with van der Waals surface area (Å²) in [5.41, 5.74) is 1.79. The molecule has 1 aliphatic rings. The number of carbonyl (C=O) groups excluding carboxylic acids is 1. The maximum Gasteiger partial charge on any atom is 0.319 e. The number of benzene rings is 1. The second-order valence-electron chi connectivity index (χ2n) is 7.70. The minimum Gasteiger partial charge on any atom is -0.440 e. The molecule has 6 heteroatoms. The van der Waals surface area contributed by atoms with Crippen LogP contribution >= 0.6 is 0 Å². The molecule has 130 valence electrons. The molecule has 2 heterocycles. The third-order valence-corrected chi connectivity index (χ3v) is 4.30. The monoisotopic (exact) mass is 331 g/mol. The van der Waals surface area contributed by atoms with Gasteiger partial charge >= 0.3 is 6.03 Å².